The average Bonchev–Trinajstić information content (AvgIpc) is 2.18. The van der Waals surface area contributed by atoms with Gasteiger partial charge in [0.2, 0.25) is 0 Å². The number of rotatable bonds is 3. The van der Waals surface area contributed by atoms with E-state index in [4.69, 9.17) is 22.1 Å². The lowest BCUT2D eigenvalue weighted by Gasteiger charge is -2.06. The Morgan fingerprint density at radius 2 is 2.33 bits per heavy atom. The summed E-state index contributed by atoms with van der Waals surface area (Å²) in [6, 6.07) is 4.65. The molecule has 0 saturated heterocycles. The molecule has 1 rings (SSSR count). The molecular weight excluding hydrogens is 214 g/mol. The Hall–Kier alpha value is -1.66. The Kier molecular flexibility index (Phi) is 4.02. The Balaban J connectivity index is 2.95. The highest BCUT2D eigenvalue weighted by molar-refractivity contribution is 6.30. The minimum Gasteiger partial charge on any atom is -0.480 e. The van der Waals surface area contributed by atoms with E-state index in [1.54, 1.807) is 19.1 Å². The highest BCUT2D eigenvalue weighted by Gasteiger charge is 2.09. The number of benzene rings is 1. The second-order valence-electron chi connectivity index (χ2n) is 2.72. The van der Waals surface area contributed by atoms with Gasteiger partial charge in [-0.1, -0.05) is 17.5 Å². The molecule has 0 atom stereocenters. The summed E-state index contributed by atoms with van der Waals surface area (Å²) in [7, 11) is 0. The van der Waals surface area contributed by atoms with Crippen molar-refractivity contribution in [2.45, 2.75) is 6.92 Å². The van der Waals surface area contributed by atoms with E-state index in [0.717, 1.165) is 0 Å². The van der Waals surface area contributed by atoms with Crippen LogP contribution in [0.1, 0.15) is 17.3 Å². The van der Waals surface area contributed by atoms with Crippen molar-refractivity contribution in [3.8, 4) is 17.6 Å². The zero-order valence-electron chi connectivity index (χ0n) is 8.21. The maximum atomic E-state index is 11.0. The van der Waals surface area contributed by atoms with Gasteiger partial charge in [0.1, 0.15) is 12.4 Å². The van der Waals surface area contributed by atoms with E-state index in [0.29, 0.717) is 16.3 Å². The summed E-state index contributed by atoms with van der Waals surface area (Å²) in [6.45, 7) is 1.91. The van der Waals surface area contributed by atoms with E-state index in [1.807, 2.05) is 0 Å². The van der Waals surface area contributed by atoms with E-state index < -0.39 is 5.91 Å². The molecule has 0 bridgehead atoms. The monoisotopic (exact) mass is 223 g/mol. The van der Waals surface area contributed by atoms with Gasteiger partial charge in [0.25, 0.3) is 5.91 Å². The summed E-state index contributed by atoms with van der Waals surface area (Å²) in [5.74, 6) is 5.20. The van der Waals surface area contributed by atoms with Gasteiger partial charge in [-0.2, -0.15) is 0 Å². The SMILES string of the molecule is CC#CCOc1cc(Cl)ccc1C(N)=O. The third-order valence-electron chi connectivity index (χ3n) is 1.69. The smallest absolute Gasteiger partial charge is 0.252 e. The molecule has 0 aliphatic rings. The highest BCUT2D eigenvalue weighted by Crippen LogP contribution is 2.22. The van der Waals surface area contributed by atoms with E-state index in [9.17, 15) is 4.79 Å². The molecular formula is C11H10ClNO2. The van der Waals surface area contributed by atoms with Crippen molar-refractivity contribution in [3.63, 3.8) is 0 Å². The molecule has 0 unspecified atom stereocenters. The Bertz CT molecular complexity index is 432. The van der Waals surface area contributed by atoms with Crippen molar-refractivity contribution in [2.75, 3.05) is 6.61 Å². The normalized spacial score (nSPS) is 8.93. The summed E-state index contributed by atoms with van der Waals surface area (Å²) in [5.41, 5.74) is 5.47. The molecule has 0 radical (unpaired) electrons. The quantitative estimate of drug-likeness (QED) is 0.795. The first-order valence-corrected chi connectivity index (χ1v) is 4.64. The van der Waals surface area contributed by atoms with Gasteiger partial charge in [-0.15, -0.1) is 5.92 Å². The van der Waals surface area contributed by atoms with E-state index in [-0.39, 0.29) is 6.61 Å². The van der Waals surface area contributed by atoms with Gasteiger partial charge in [-0.3, -0.25) is 4.79 Å². The Morgan fingerprint density at radius 1 is 1.60 bits per heavy atom. The first-order chi connectivity index (χ1) is 7.15. The second kappa shape index (κ2) is 5.28. The van der Waals surface area contributed by atoms with Crippen LogP contribution >= 0.6 is 11.6 Å². The van der Waals surface area contributed by atoms with Crippen LogP contribution in [0.25, 0.3) is 0 Å². The molecule has 0 heterocycles. The lowest BCUT2D eigenvalue weighted by atomic mass is 10.2. The number of hydrogen-bond acceptors (Lipinski definition) is 2. The zero-order valence-corrected chi connectivity index (χ0v) is 8.97. The lowest BCUT2D eigenvalue weighted by Crippen LogP contribution is -2.13. The molecule has 0 aliphatic heterocycles. The zero-order chi connectivity index (χ0) is 11.3. The van der Waals surface area contributed by atoms with E-state index >= 15 is 0 Å². The molecule has 1 amide bonds. The van der Waals surface area contributed by atoms with Crippen molar-refractivity contribution in [1.82, 2.24) is 0 Å². The highest BCUT2D eigenvalue weighted by atomic mass is 35.5. The molecule has 0 aliphatic carbocycles. The number of hydrogen-bond donors (Lipinski definition) is 1. The van der Waals surface area contributed by atoms with Crippen LogP contribution in [0.15, 0.2) is 18.2 Å². The minimum atomic E-state index is -0.550. The van der Waals surface area contributed by atoms with E-state index in [2.05, 4.69) is 11.8 Å². The lowest BCUT2D eigenvalue weighted by molar-refractivity contribution is 0.0997. The second-order valence-corrected chi connectivity index (χ2v) is 3.16. The third kappa shape index (κ3) is 3.19. The molecule has 1 aromatic carbocycles. The molecule has 4 heteroatoms. The van der Waals surface area contributed by atoms with Gasteiger partial charge >= 0.3 is 0 Å². The van der Waals surface area contributed by atoms with Gasteiger partial charge in [-0.25, -0.2) is 0 Å². The Labute approximate surface area is 93.2 Å². The Morgan fingerprint density at radius 3 is 2.93 bits per heavy atom. The number of nitrogens with two attached hydrogens (primary N) is 1. The van der Waals surface area contributed by atoms with Crippen LogP contribution in [-0.2, 0) is 0 Å². The maximum Gasteiger partial charge on any atom is 0.252 e. The van der Waals surface area contributed by atoms with Crippen LogP contribution in [0.4, 0.5) is 0 Å². The molecule has 0 fully saturated rings. The van der Waals surface area contributed by atoms with E-state index in [1.165, 1.54) is 6.07 Å². The average molecular weight is 224 g/mol. The predicted octanol–water partition coefficient (Wildman–Crippen LogP) is 1.84. The number of amides is 1. The van der Waals surface area contributed by atoms with Crippen LogP contribution in [0.2, 0.25) is 5.02 Å². The molecule has 1 aromatic rings. The number of ether oxygens (including phenoxy) is 1. The topological polar surface area (TPSA) is 52.3 Å². The van der Waals surface area contributed by atoms with Crippen LogP contribution in [0.3, 0.4) is 0 Å². The van der Waals surface area contributed by atoms with Crippen LogP contribution in [0.5, 0.6) is 5.75 Å². The first kappa shape index (κ1) is 11.4. The minimum absolute atomic E-state index is 0.205. The van der Waals surface area contributed by atoms with Gasteiger partial charge in [0, 0.05) is 5.02 Å². The summed E-state index contributed by atoms with van der Waals surface area (Å²) in [5, 5.41) is 0.486. The van der Waals surface area contributed by atoms with Crippen molar-refractivity contribution in [3.05, 3.63) is 28.8 Å². The molecule has 15 heavy (non-hydrogen) atoms. The largest absolute Gasteiger partial charge is 0.480 e. The number of carbonyl (C=O) groups is 1. The molecule has 0 aromatic heterocycles. The predicted molar refractivity (Wildman–Crippen MR) is 58.9 cm³/mol. The number of halogens is 1. The first-order valence-electron chi connectivity index (χ1n) is 4.27. The summed E-state index contributed by atoms with van der Waals surface area (Å²) < 4.78 is 5.26. The fourth-order valence-electron chi connectivity index (χ4n) is 1.01. The standard InChI is InChI=1S/C11H10ClNO2/c1-2-3-6-15-10-7-8(12)4-5-9(10)11(13)14/h4-5,7H,6H2,1H3,(H2,13,14). The number of primary amides is 1. The summed E-state index contributed by atoms with van der Waals surface area (Å²) in [4.78, 5) is 11.0. The van der Waals surface area contributed by atoms with Crippen molar-refractivity contribution >= 4 is 17.5 Å². The van der Waals surface area contributed by atoms with Crippen LogP contribution in [-0.4, -0.2) is 12.5 Å². The fraction of sp³-hybridized carbons (Fsp3) is 0.182. The van der Waals surface area contributed by atoms with Gasteiger partial charge in [-0.05, 0) is 25.1 Å². The third-order valence-corrected chi connectivity index (χ3v) is 1.92. The van der Waals surface area contributed by atoms with Gasteiger partial charge in [0.05, 0.1) is 5.56 Å². The van der Waals surface area contributed by atoms with Crippen LogP contribution < -0.4 is 10.5 Å². The summed E-state index contributed by atoms with van der Waals surface area (Å²) in [6.07, 6.45) is 0. The maximum absolute atomic E-state index is 11.0. The van der Waals surface area contributed by atoms with Crippen LogP contribution in [0, 0.1) is 11.8 Å². The number of carbonyl (C=O) groups excluding carboxylic acids is 1. The van der Waals surface area contributed by atoms with Crippen molar-refractivity contribution in [2.24, 2.45) is 5.73 Å². The summed E-state index contributed by atoms with van der Waals surface area (Å²) >= 11 is 5.77. The van der Waals surface area contributed by atoms with Gasteiger partial charge < -0.3 is 10.5 Å². The fourth-order valence-corrected chi connectivity index (χ4v) is 1.17. The van der Waals surface area contributed by atoms with Crippen molar-refractivity contribution < 1.29 is 9.53 Å². The molecule has 78 valence electrons. The molecule has 0 saturated carbocycles. The molecule has 0 spiro atoms. The van der Waals surface area contributed by atoms with Crippen molar-refractivity contribution in [1.29, 1.82) is 0 Å². The van der Waals surface area contributed by atoms with Gasteiger partial charge in [0.15, 0.2) is 0 Å². The molecule has 2 N–H and O–H groups in total. The molecule has 3 nitrogen and oxygen atoms in total.